The highest BCUT2D eigenvalue weighted by Crippen LogP contribution is 2.33. The molecule has 0 unspecified atom stereocenters. The molecule has 2 aliphatic rings. The molecule has 2 aliphatic heterocycles. The molecule has 0 bridgehead atoms. The average molecular weight is 278 g/mol. The van der Waals surface area contributed by atoms with Gasteiger partial charge in [-0.25, -0.2) is 4.79 Å². The SMILES string of the molecule is O=C1OCCN1CCN1CCCSc2ccccc21. The molecule has 0 aliphatic carbocycles. The fourth-order valence-electron chi connectivity index (χ4n) is 2.50. The van der Waals surface area contributed by atoms with Gasteiger partial charge in [0.2, 0.25) is 0 Å². The Morgan fingerprint density at radius 2 is 2.00 bits per heavy atom. The summed E-state index contributed by atoms with van der Waals surface area (Å²) >= 11 is 1.93. The molecule has 0 atom stereocenters. The number of carbonyl (C=O) groups excluding carboxylic acids is 1. The van der Waals surface area contributed by atoms with Crippen LogP contribution in [0.4, 0.5) is 10.5 Å². The monoisotopic (exact) mass is 278 g/mol. The third-order valence-electron chi connectivity index (χ3n) is 3.52. The number of anilines is 1. The Bertz CT molecular complexity index is 467. The van der Waals surface area contributed by atoms with E-state index in [4.69, 9.17) is 4.74 Å². The molecule has 4 nitrogen and oxygen atoms in total. The van der Waals surface area contributed by atoms with Gasteiger partial charge < -0.3 is 14.5 Å². The summed E-state index contributed by atoms with van der Waals surface area (Å²) in [4.78, 5) is 17.0. The largest absolute Gasteiger partial charge is 0.448 e. The number of amides is 1. The minimum absolute atomic E-state index is 0.169. The van der Waals surface area contributed by atoms with Crippen molar-refractivity contribution in [3.63, 3.8) is 0 Å². The number of thioether (sulfide) groups is 1. The number of hydrogen-bond donors (Lipinski definition) is 0. The molecule has 0 aromatic heterocycles. The van der Waals surface area contributed by atoms with Gasteiger partial charge in [-0.1, -0.05) is 12.1 Å². The number of ether oxygens (including phenoxy) is 1. The molecule has 5 heteroatoms. The quantitative estimate of drug-likeness (QED) is 0.850. The summed E-state index contributed by atoms with van der Waals surface area (Å²) < 4.78 is 4.96. The maximum absolute atomic E-state index is 11.4. The fraction of sp³-hybridized carbons (Fsp3) is 0.500. The van der Waals surface area contributed by atoms with Crippen LogP contribution in [0.1, 0.15) is 6.42 Å². The Morgan fingerprint density at radius 3 is 2.84 bits per heavy atom. The summed E-state index contributed by atoms with van der Waals surface area (Å²) in [6.07, 6.45) is 1.02. The summed E-state index contributed by atoms with van der Waals surface area (Å²) in [6, 6.07) is 8.54. The Morgan fingerprint density at radius 1 is 1.16 bits per heavy atom. The van der Waals surface area contributed by atoms with Gasteiger partial charge in [-0.3, -0.25) is 0 Å². The zero-order valence-corrected chi connectivity index (χ0v) is 11.7. The van der Waals surface area contributed by atoms with Crippen molar-refractivity contribution in [1.29, 1.82) is 0 Å². The smallest absolute Gasteiger partial charge is 0.409 e. The zero-order valence-electron chi connectivity index (χ0n) is 10.9. The van der Waals surface area contributed by atoms with Crippen LogP contribution in [-0.4, -0.2) is 49.5 Å². The zero-order chi connectivity index (χ0) is 13.1. The maximum atomic E-state index is 11.4. The van der Waals surface area contributed by atoms with E-state index < -0.39 is 0 Å². The molecule has 2 heterocycles. The number of fused-ring (bicyclic) bond motifs is 1. The van der Waals surface area contributed by atoms with E-state index in [0.717, 1.165) is 26.2 Å². The van der Waals surface area contributed by atoms with Crippen LogP contribution in [0.25, 0.3) is 0 Å². The van der Waals surface area contributed by atoms with Gasteiger partial charge in [0.25, 0.3) is 0 Å². The van der Waals surface area contributed by atoms with Gasteiger partial charge in [0.1, 0.15) is 6.61 Å². The third-order valence-corrected chi connectivity index (χ3v) is 4.67. The van der Waals surface area contributed by atoms with E-state index in [1.807, 2.05) is 11.8 Å². The van der Waals surface area contributed by atoms with Crippen LogP contribution in [0.2, 0.25) is 0 Å². The van der Waals surface area contributed by atoms with Gasteiger partial charge in [-0.05, 0) is 24.3 Å². The summed E-state index contributed by atoms with van der Waals surface area (Å²) in [5.41, 5.74) is 1.30. The van der Waals surface area contributed by atoms with Crippen LogP contribution in [0.3, 0.4) is 0 Å². The van der Waals surface area contributed by atoms with Crippen molar-refractivity contribution in [1.82, 2.24) is 4.90 Å². The Labute approximate surface area is 117 Å². The minimum Gasteiger partial charge on any atom is -0.448 e. The molecule has 1 aromatic carbocycles. The van der Waals surface area contributed by atoms with E-state index in [9.17, 15) is 4.79 Å². The van der Waals surface area contributed by atoms with Crippen LogP contribution in [-0.2, 0) is 4.74 Å². The normalized spacial score (nSPS) is 19.1. The summed E-state index contributed by atoms with van der Waals surface area (Å²) in [7, 11) is 0. The first-order chi connectivity index (χ1) is 9.34. The molecule has 102 valence electrons. The predicted octanol–water partition coefficient (Wildman–Crippen LogP) is 2.44. The number of hydrogen-bond acceptors (Lipinski definition) is 4. The first kappa shape index (κ1) is 12.7. The Hall–Kier alpha value is -1.36. The topological polar surface area (TPSA) is 32.8 Å². The molecule has 1 fully saturated rings. The Kier molecular flexibility index (Phi) is 3.82. The third kappa shape index (κ3) is 2.81. The molecular formula is C14H18N2O2S. The lowest BCUT2D eigenvalue weighted by atomic mass is 10.2. The fourth-order valence-corrected chi connectivity index (χ4v) is 3.51. The van der Waals surface area contributed by atoms with E-state index in [0.29, 0.717) is 6.61 Å². The lowest BCUT2D eigenvalue weighted by Crippen LogP contribution is -2.36. The molecule has 1 saturated heterocycles. The highest BCUT2D eigenvalue weighted by atomic mass is 32.2. The maximum Gasteiger partial charge on any atom is 0.409 e. The number of rotatable bonds is 3. The van der Waals surface area contributed by atoms with Crippen molar-refractivity contribution in [2.24, 2.45) is 0 Å². The number of benzene rings is 1. The molecular weight excluding hydrogens is 260 g/mol. The summed E-state index contributed by atoms with van der Waals surface area (Å²) in [5.74, 6) is 1.17. The van der Waals surface area contributed by atoms with Gasteiger partial charge in [0.05, 0.1) is 12.2 Å². The van der Waals surface area contributed by atoms with E-state index in [2.05, 4.69) is 29.2 Å². The first-order valence-electron chi connectivity index (χ1n) is 6.73. The second-order valence-electron chi connectivity index (χ2n) is 4.76. The van der Waals surface area contributed by atoms with Crippen molar-refractivity contribution >= 4 is 23.5 Å². The molecule has 1 aromatic rings. The van der Waals surface area contributed by atoms with Gasteiger partial charge >= 0.3 is 6.09 Å². The molecule has 0 radical (unpaired) electrons. The van der Waals surface area contributed by atoms with Crippen molar-refractivity contribution in [3.8, 4) is 0 Å². The molecule has 0 spiro atoms. The highest BCUT2D eigenvalue weighted by Gasteiger charge is 2.23. The molecule has 0 saturated carbocycles. The van der Waals surface area contributed by atoms with Crippen LogP contribution >= 0.6 is 11.8 Å². The van der Waals surface area contributed by atoms with E-state index in [-0.39, 0.29) is 6.09 Å². The second-order valence-corrected chi connectivity index (χ2v) is 5.89. The minimum atomic E-state index is -0.169. The molecule has 19 heavy (non-hydrogen) atoms. The highest BCUT2D eigenvalue weighted by molar-refractivity contribution is 7.99. The van der Waals surface area contributed by atoms with Gasteiger partial charge in [-0.2, -0.15) is 0 Å². The van der Waals surface area contributed by atoms with Crippen molar-refractivity contribution in [2.75, 3.05) is 43.4 Å². The number of para-hydroxylation sites is 1. The number of cyclic esters (lactones) is 1. The van der Waals surface area contributed by atoms with Crippen LogP contribution < -0.4 is 4.90 Å². The summed E-state index contributed by atoms with van der Waals surface area (Å²) in [5, 5.41) is 0. The Balaban J connectivity index is 1.68. The predicted molar refractivity (Wildman–Crippen MR) is 76.9 cm³/mol. The van der Waals surface area contributed by atoms with Crippen LogP contribution in [0, 0.1) is 0 Å². The van der Waals surface area contributed by atoms with E-state index in [1.54, 1.807) is 4.90 Å². The van der Waals surface area contributed by atoms with E-state index >= 15 is 0 Å². The van der Waals surface area contributed by atoms with Crippen molar-refractivity contribution in [2.45, 2.75) is 11.3 Å². The lowest BCUT2D eigenvalue weighted by molar-refractivity contribution is 0.159. The second kappa shape index (κ2) is 5.74. The number of carbonyl (C=O) groups is 1. The average Bonchev–Trinajstić information content (AvgIpc) is 2.73. The van der Waals surface area contributed by atoms with Crippen molar-refractivity contribution in [3.05, 3.63) is 24.3 Å². The van der Waals surface area contributed by atoms with E-state index in [1.165, 1.54) is 22.8 Å². The van der Waals surface area contributed by atoms with Crippen molar-refractivity contribution < 1.29 is 9.53 Å². The first-order valence-corrected chi connectivity index (χ1v) is 7.71. The van der Waals surface area contributed by atoms with Crippen LogP contribution in [0.15, 0.2) is 29.2 Å². The van der Waals surface area contributed by atoms with Gasteiger partial charge in [0.15, 0.2) is 0 Å². The van der Waals surface area contributed by atoms with Gasteiger partial charge in [-0.15, -0.1) is 11.8 Å². The number of nitrogens with zero attached hydrogens (tertiary/aromatic N) is 2. The molecule has 3 rings (SSSR count). The van der Waals surface area contributed by atoms with Crippen LogP contribution in [0.5, 0.6) is 0 Å². The summed E-state index contributed by atoms with van der Waals surface area (Å²) in [6.45, 7) is 3.95. The molecule has 0 N–H and O–H groups in total. The molecule has 1 amide bonds. The standard InChI is InChI=1S/C14H18N2O2S/c17-14-16(9-10-18-14)8-7-15-6-3-11-19-13-5-2-1-4-12(13)15/h1-2,4-5H,3,6-11H2. The lowest BCUT2D eigenvalue weighted by Gasteiger charge is -2.26. The van der Waals surface area contributed by atoms with Gasteiger partial charge in [0, 0.05) is 24.5 Å².